The van der Waals surface area contributed by atoms with Crippen LogP contribution >= 0.6 is 0 Å². The number of imide groups is 1. The fourth-order valence-corrected chi connectivity index (χ4v) is 10.2. The largest absolute Gasteiger partial charge is 0.418 e. The normalized spacial score (nSPS) is 19.9. The van der Waals surface area contributed by atoms with Crippen molar-refractivity contribution in [2.45, 2.75) is 70.2 Å². The van der Waals surface area contributed by atoms with Crippen molar-refractivity contribution in [2.75, 3.05) is 50.8 Å². The van der Waals surface area contributed by atoms with Gasteiger partial charge in [0.1, 0.15) is 18.5 Å². The van der Waals surface area contributed by atoms with Crippen molar-refractivity contribution in [3.05, 3.63) is 147 Å². The van der Waals surface area contributed by atoms with E-state index in [1.807, 2.05) is 12.1 Å². The number of aliphatic hydroxyl groups is 1. The van der Waals surface area contributed by atoms with E-state index in [0.717, 1.165) is 77.4 Å². The summed E-state index contributed by atoms with van der Waals surface area (Å²) in [6.45, 7) is 7.15. The molecule has 3 fully saturated rings. The number of halogens is 3. The Bertz CT molecular complexity index is 2960. The van der Waals surface area contributed by atoms with Gasteiger partial charge in [-0.3, -0.25) is 38.5 Å². The number of likely N-dealkylation sites (tertiary alicyclic amines) is 1. The van der Waals surface area contributed by atoms with Gasteiger partial charge >= 0.3 is 11.9 Å². The minimum Gasteiger partial charge on any atom is -0.380 e. The van der Waals surface area contributed by atoms with Crippen molar-refractivity contribution in [2.24, 2.45) is 13.0 Å². The molecule has 7 heterocycles. The molecule has 69 heavy (non-hydrogen) atoms. The van der Waals surface area contributed by atoms with E-state index >= 15 is 0 Å². The van der Waals surface area contributed by atoms with Crippen molar-refractivity contribution in [1.82, 2.24) is 43.7 Å². The molecule has 3 saturated heterocycles. The van der Waals surface area contributed by atoms with E-state index in [9.17, 15) is 37.5 Å². The number of nitrogens with one attached hydrogen (secondary N) is 1. The van der Waals surface area contributed by atoms with E-state index in [4.69, 9.17) is 4.74 Å². The van der Waals surface area contributed by atoms with E-state index in [2.05, 4.69) is 60.5 Å². The number of imidazole rings is 1. The second-order valence-corrected chi connectivity index (χ2v) is 18.7. The molecule has 0 bridgehead atoms. The van der Waals surface area contributed by atoms with Crippen LogP contribution in [0.3, 0.4) is 0 Å². The number of aromatic nitrogens is 5. The number of carbonyl (C=O) groups is 3. The third-order valence-electron chi connectivity index (χ3n) is 13.9. The molecule has 360 valence electrons. The van der Waals surface area contributed by atoms with Gasteiger partial charge in [0.15, 0.2) is 5.82 Å². The molecule has 3 aromatic carbocycles. The Balaban J connectivity index is 0.704. The van der Waals surface area contributed by atoms with Gasteiger partial charge in [-0.1, -0.05) is 36.4 Å². The van der Waals surface area contributed by atoms with E-state index in [1.165, 1.54) is 24.3 Å². The standard InChI is InChI=1S/C50H53F3N10O6/c1-57-31-54-56-46(57)45(65)36-5-2-6-39(21-36)61-28-43-41(50(51,52)53)20-35(26-63(43)49(61)68)25-59-15-3-4-34(24-59)30-69-29-33-9-7-32(8-10-33)23-58-16-18-60(19-17-58)38-11-12-40-37(22-38)27-62(48(40)67)42-13-14-44(64)55-47(42)66/h2,5-12,20-22,26,28,31,34,42,45,65H,3-4,13-19,23-25,27,29-30H2,1H3,(H,55,64,66)/t34-,42-,45+/m0/s1. The number of fused-ring (bicyclic) bond motifs is 2. The minimum atomic E-state index is -4.71. The Hall–Kier alpha value is -6.67. The first-order valence-electron chi connectivity index (χ1n) is 23.3. The second kappa shape index (κ2) is 19.0. The number of anilines is 1. The molecule has 0 unspecified atom stereocenters. The minimum absolute atomic E-state index is 0.171. The molecule has 0 radical (unpaired) electrons. The quantitative estimate of drug-likeness (QED) is 0.153. The molecule has 0 spiro atoms. The summed E-state index contributed by atoms with van der Waals surface area (Å²) in [4.78, 5) is 59.5. The van der Waals surface area contributed by atoms with Crippen LogP contribution in [0.1, 0.15) is 81.4 Å². The number of hydrogen-bond acceptors (Lipinski definition) is 11. The molecule has 4 aliphatic rings. The third-order valence-corrected chi connectivity index (χ3v) is 13.9. The Morgan fingerprint density at radius 1 is 0.855 bits per heavy atom. The lowest BCUT2D eigenvalue weighted by molar-refractivity contribution is -0.137. The molecule has 3 atom stereocenters. The summed E-state index contributed by atoms with van der Waals surface area (Å²) >= 11 is 0. The van der Waals surface area contributed by atoms with Crippen molar-refractivity contribution < 1.29 is 37.4 Å². The highest BCUT2D eigenvalue weighted by Gasteiger charge is 2.40. The van der Waals surface area contributed by atoms with E-state index in [1.54, 1.807) is 40.8 Å². The first kappa shape index (κ1) is 46.1. The molecule has 10 rings (SSSR count). The van der Waals surface area contributed by atoms with Gasteiger partial charge in [-0.05, 0) is 95.9 Å². The smallest absolute Gasteiger partial charge is 0.380 e. The maximum atomic E-state index is 14.6. The van der Waals surface area contributed by atoms with Crippen LogP contribution in [0.25, 0.3) is 11.2 Å². The first-order chi connectivity index (χ1) is 33.2. The monoisotopic (exact) mass is 946 g/mol. The lowest BCUT2D eigenvalue weighted by Gasteiger charge is -2.36. The number of alkyl halides is 3. The summed E-state index contributed by atoms with van der Waals surface area (Å²) in [7, 11) is 1.68. The summed E-state index contributed by atoms with van der Waals surface area (Å²) in [6.07, 6.45) is 0.642. The number of rotatable bonds is 13. The molecule has 3 amide bonds. The Labute approximate surface area is 395 Å². The highest BCUT2D eigenvalue weighted by atomic mass is 19.4. The van der Waals surface area contributed by atoms with Crippen LogP contribution in [-0.2, 0) is 53.8 Å². The number of ether oxygens (including phenoxy) is 1. The SMILES string of the molecule is Cn1cnnc1[C@H](O)c1cccc(-n2cc3c(C(F)(F)F)cc(CN4CCC[C@H](COCc5ccc(CN6CCN(c7ccc8c(c7)CN([C@H]7CCC(=O)NC7=O)C8=O)CC6)cc5)C4)cn3c2=O)c1. The number of nitrogens with zero attached hydrogens (tertiary/aromatic N) is 9. The zero-order chi connectivity index (χ0) is 48.0. The zero-order valence-electron chi connectivity index (χ0n) is 38.1. The van der Waals surface area contributed by atoms with Crippen LogP contribution in [0.2, 0.25) is 0 Å². The van der Waals surface area contributed by atoms with Gasteiger partial charge < -0.3 is 24.2 Å². The average Bonchev–Trinajstić information content (AvgIpc) is 4.02. The molecule has 6 aromatic rings. The van der Waals surface area contributed by atoms with E-state index in [-0.39, 0.29) is 42.0 Å². The summed E-state index contributed by atoms with van der Waals surface area (Å²) in [5.41, 5.74) is 4.09. The van der Waals surface area contributed by atoms with E-state index in [0.29, 0.717) is 61.6 Å². The van der Waals surface area contributed by atoms with Gasteiger partial charge in [0.2, 0.25) is 11.8 Å². The van der Waals surface area contributed by atoms with Gasteiger partial charge in [-0.25, -0.2) is 4.79 Å². The number of piperidine rings is 2. The predicted molar refractivity (Wildman–Crippen MR) is 247 cm³/mol. The maximum Gasteiger partial charge on any atom is 0.418 e. The first-order valence-corrected chi connectivity index (χ1v) is 23.3. The number of carbonyl (C=O) groups excluding carboxylic acids is 3. The Kier molecular flexibility index (Phi) is 12.7. The van der Waals surface area contributed by atoms with Gasteiger partial charge in [0.25, 0.3) is 5.91 Å². The molecule has 2 N–H and O–H groups in total. The van der Waals surface area contributed by atoms with Crippen LogP contribution in [0.4, 0.5) is 18.9 Å². The molecular weight excluding hydrogens is 894 g/mol. The molecule has 4 aliphatic heterocycles. The average molecular weight is 947 g/mol. The van der Waals surface area contributed by atoms with Crippen molar-refractivity contribution in [3.8, 4) is 5.69 Å². The predicted octanol–water partition coefficient (Wildman–Crippen LogP) is 4.83. The number of aliphatic hydroxyl groups excluding tert-OH is 1. The van der Waals surface area contributed by atoms with Crippen LogP contribution in [0, 0.1) is 5.92 Å². The fraction of sp³-hybridized carbons (Fsp3) is 0.400. The highest BCUT2D eigenvalue weighted by Crippen LogP contribution is 2.35. The molecule has 16 nitrogen and oxygen atoms in total. The van der Waals surface area contributed by atoms with Gasteiger partial charge in [0, 0.05) is 89.5 Å². The van der Waals surface area contributed by atoms with Crippen LogP contribution in [-0.4, -0.2) is 113 Å². The summed E-state index contributed by atoms with van der Waals surface area (Å²) < 4.78 is 53.8. The van der Waals surface area contributed by atoms with E-state index < -0.39 is 35.5 Å². The van der Waals surface area contributed by atoms with Gasteiger partial charge in [0.05, 0.1) is 30.0 Å². The van der Waals surface area contributed by atoms with Crippen LogP contribution < -0.4 is 15.9 Å². The number of aryl methyl sites for hydroxylation is 1. The Morgan fingerprint density at radius 2 is 1.64 bits per heavy atom. The van der Waals surface area contributed by atoms with Gasteiger partial charge in [-0.15, -0.1) is 10.2 Å². The number of amides is 3. The molecule has 0 saturated carbocycles. The van der Waals surface area contributed by atoms with Gasteiger partial charge in [-0.2, -0.15) is 13.2 Å². The second-order valence-electron chi connectivity index (χ2n) is 18.7. The van der Waals surface area contributed by atoms with Crippen LogP contribution in [0.15, 0.2) is 96.3 Å². The third kappa shape index (κ3) is 9.68. The fourth-order valence-electron chi connectivity index (χ4n) is 10.2. The maximum absolute atomic E-state index is 14.6. The lowest BCUT2D eigenvalue weighted by Crippen LogP contribution is -2.52. The number of benzene rings is 3. The van der Waals surface area contributed by atoms with Crippen molar-refractivity contribution in [3.63, 3.8) is 0 Å². The number of piperazine rings is 1. The molecular formula is C50H53F3N10O6. The molecule has 0 aliphatic carbocycles. The van der Waals surface area contributed by atoms with Crippen LogP contribution in [0.5, 0.6) is 0 Å². The van der Waals surface area contributed by atoms with Crippen molar-refractivity contribution >= 4 is 28.9 Å². The number of pyridine rings is 1. The number of hydrogen-bond donors (Lipinski definition) is 2. The summed E-state index contributed by atoms with van der Waals surface area (Å²) in [5.74, 6) is -0.406. The zero-order valence-corrected chi connectivity index (χ0v) is 38.1. The van der Waals surface area contributed by atoms with Crippen molar-refractivity contribution in [1.29, 1.82) is 0 Å². The summed E-state index contributed by atoms with van der Waals surface area (Å²) in [5, 5.41) is 21.1. The Morgan fingerprint density at radius 3 is 2.39 bits per heavy atom. The summed E-state index contributed by atoms with van der Waals surface area (Å²) in [6, 6.07) is 21.3. The highest BCUT2D eigenvalue weighted by molar-refractivity contribution is 6.05. The molecule has 19 heteroatoms. The topological polar surface area (TPSA) is 163 Å². The molecule has 3 aromatic heterocycles. The lowest BCUT2D eigenvalue weighted by atomic mass is 9.98.